The average Bonchev–Trinajstić information content (AvgIpc) is 3.42. The lowest BCUT2D eigenvalue weighted by Crippen LogP contribution is -2.14. The summed E-state index contributed by atoms with van der Waals surface area (Å²) in [6.45, 7) is 4.00. The Labute approximate surface area is 193 Å². The Morgan fingerprint density at radius 1 is 1.25 bits per heavy atom. The van der Waals surface area contributed by atoms with Crippen LogP contribution in [0.4, 0.5) is 5.13 Å². The summed E-state index contributed by atoms with van der Waals surface area (Å²) in [7, 11) is 0. The number of hydrogen-bond donors (Lipinski definition) is 1. The Morgan fingerprint density at radius 2 is 2.09 bits per heavy atom. The van der Waals surface area contributed by atoms with Crippen LogP contribution in [-0.4, -0.2) is 27.9 Å². The molecule has 1 fully saturated rings. The third-order valence-electron chi connectivity index (χ3n) is 5.55. The van der Waals surface area contributed by atoms with Crippen molar-refractivity contribution in [1.82, 2.24) is 9.97 Å². The first-order chi connectivity index (χ1) is 15.5. The van der Waals surface area contributed by atoms with E-state index < -0.39 is 0 Å². The molecule has 3 aromatic heterocycles. The summed E-state index contributed by atoms with van der Waals surface area (Å²) in [5.74, 6) is -0.0963. The van der Waals surface area contributed by atoms with Gasteiger partial charge in [0.2, 0.25) is 5.91 Å². The molecule has 0 spiro atoms. The third-order valence-corrected chi connectivity index (χ3v) is 7.39. The van der Waals surface area contributed by atoms with Crippen molar-refractivity contribution in [2.75, 3.05) is 5.32 Å². The van der Waals surface area contributed by atoms with E-state index in [1.54, 1.807) is 0 Å². The van der Waals surface area contributed by atoms with E-state index in [2.05, 4.69) is 28.3 Å². The van der Waals surface area contributed by atoms with Gasteiger partial charge < -0.3 is 10.1 Å². The first kappa shape index (κ1) is 21.0. The van der Waals surface area contributed by atoms with E-state index in [4.69, 9.17) is 4.74 Å². The fourth-order valence-corrected chi connectivity index (χ4v) is 5.43. The van der Waals surface area contributed by atoms with Gasteiger partial charge in [0.05, 0.1) is 21.9 Å². The van der Waals surface area contributed by atoms with Crippen molar-refractivity contribution in [3.8, 4) is 11.1 Å². The molecule has 1 saturated carbocycles. The number of anilines is 1. The van der Waals surface area contributed by atoms with E-state index in [9.17, 15) is 9.59 Å². The van der Waals surface area contributed by atoms with E-state index in [-0.39, 0.29) is 23.9 Å². The molecule has 1 amide bonds. The predicted molar refractivity (Wildman–Crippen MR) is 129 cm³/mol. The van der Waals surface area contributed by atoms with Crippen LogP contribution in [0.15, 0.2) is 35.8 Å². The fourth-order valence-electron chi connectivity index (χ4n) is 3.66. The first-order valence-electron chi connectivity index (χ1n) is 10.8. The summed E-state index contributed by atoms with van der Waals surface area (Å²) in [5.41, 5.74) is 3.32. The van der Waals surface area contributed by atoms with Gasteiger partial charge in [0.25, 0.3) is 0 Å². The zero-order valence-corrected chi connectivity index (χ0v) is 19.5. The number of nitrogens with one attached hydrogen (secondary N) is 1. The molecule has 0 saturated heterocycles. The van der Waals surface area contributed by atoms with Crippen LogP contribution in [0.3, 0.4) is 0 Å². The van der Waals surface area contributed by atoms with Crippen LogP contribution in [-0.2, 0) is 9.53 Å². The largest absolute Gasteiger partial charge is 0.459 e. The smallest absolute Gasteiger partial charge is 0.339 e. The number of amides is 1. The molecule has 0 radical (unpaired) electrons. The van der Waals surface area contributed by atoms with Crippen LogP contribution in [0.25, 0.3) is 31.6 Å². The van der Waals surface area contributed by atoms with Crippen molar-refractivity contribution in [2.45, 2.75) is 45.6 Å². The molecule has 0 aliphatic heterocycles. The van der Waals surface area contributed by atoms with Gasteiger partial charge in [-0.25, -0.2) is 14.8 Å². The number of thiazole rings is 1. The zero-order valence-electron chi connectivity index (χ0n) is 17.9. The van der Waals surface area contributed by atoms with Gasteiger partial charge in [0, 0.05) is 28.4 Å². The number of carbonyl (C=O) groups is 2. The predicted octanol–water partition coefficient (Wildman–Crippen LogP) is 6.27. The summed E-state index contributed by atoms with van der Waals surface area (Å²) in [6, 6.07) is 7.99. The number of benzene rings is 1. The number of hydrogen-bond acceptors (Lipinski definition) is 7. The maximum atomic E-state index is 12.7. The molecular weight excluding hydrogens is 442 g/mol. The molecule has 6 nitrogen and oxygen atoms in total. The van der Waals surface area contributed by atoms with Crippen LogP contribution in [0.1, 0.15) is 49.9 Å². The van der Waals surface area contributed by atoms with Crippen LogP contribution in [0, 0.1) is 5.92 Å². The van der Waals surface area contributed by atoms with Crippen LogP contribution >= 0.6 is 22.7 Å². The molecule has 1 N–H and O–H groups in total. The van der Waals surface area contributed by atoms with Crippen LogP contribution in [0.5, 0.6) is 0 Å². The number of rotatable bonds is 7. The first-order valence-corrected chi connectivity index (χ1v) is 12.5. The molecule has 4 aromatic rings. The van der Waals surface area contributed by atoms with Crippen molar-refractivity contribution < 1.29 is 14.3 Å². The molecular formula is C24H23N3O3S2. The van der Waals surface area contributed by atoms with Gasteiger partial charge in [-0.2, -0.15) is 0 Å². The van der Waals surface area contributed by atoms with E-state index >= 15 is 0 Å². The number of thiophene rings is 1. The van der Waals surface area contributed by atoms with E-state index in [0.29, 0.717) is 10.7 Å². The lowest BCUT2D eigenvalue weighted by molar-refractivity contribution is -0.117. The minimum Gasteiger partial charge on any atom is -0.459 e. The van der Waals surface area contributed by atoms with Crippen molar-refractivity contribution in [2.24, 2.45) is 5.92 Å². The second-order valence-electron chi connectivity index (χ2n) is 8.20. The molecule has 1 unspecified atom stereocenters. The number of esters is 1. The molecule has 164 valence electrons. The zero-order chi connectivity index (χ0) is 22.2. The maximum Gasteiger partial charge on any atom is 0.339 e. The Balaban J connectivity index is 1.43. The number of fused-ring (bicyclic) bond motifs is 2. The molecule has 1 aliphatic carbocycles. The van der Waals surface area contributed by atoms with E-state index in [1.165, 1.54) is 22.7 Å². The van der Waals surface area contributed by atoms with Gasteiger partial charge in [-0.15, -0.1) is 11.3 Å². The quantitative estimate of drug-likeness (QED) is 0.326. The fraction of sp³-hybridized carbons (Fsp3) is 0.333. The molecule has 3 heterocycles. The van der Waals surface area contributed by atoms with Gasteiger partial charge in [-0.3, -0.25) is 4.79 Å². The summed E-state index contributed by atoms with van der Waals surface area (Å²) in [5, 5.41) is 6.19. The van der Waals surface area contributed by atoms with Crippen LogP contribution in [0.2, 0.25) is 0 Å². The molecule has 1 aromatic carbocycles. The molecule has 5 rings (SSSR count). The molecule has 8 heteroatoms. The highest BCUT2D eigenvalue weighted by Crippen LogP contribution is 2.35. The summed E-state index contributed by atoms with van der Waals surface area (Å²) < 4.78 is 6.59. The van der Waals surface area contributed by atoms with Gasteiger partial charge in [0.1, 0.15) is 4.83 Å². The normalized spacial score (nSPS) is 14.6. The van der Waals surface area contributed by atoms with Crippen molar-refractivity contribution >= 4 is 60.1 Å². The summed E-state index contributed by atoms with van der Waals surface area (Å²) in [6.07, 6.45) is 5.46. The van der Waals surface area contributed by atoms with Crippen molar-refractivity contribution in [3.05, 3.63) is 41.4 Å². The van der Waals surface area contributed by atoms with Gasteiger partial charge >= 0.3 is 5.97 Å². The molecule has 1 atom stereocenters. The standard InChI is InChI=1S/C24H23N3O3S2/c1-3-4-13(2)30-23(29)18-12-31-22-17(18)9-16(11-25-22)15-7-8-19-20(10-15)32-24(26-19)27-21(28)14-5-6-14/h7-14H,3-6H2,1-2H3,(H,26,27,28). The summed E-state index contributed by atoms with van der Waals surface area (Å²) in [4.78, 5) is 34.6. The van der Waals surface area contributed by atoms with E-state index in [1.807, 2.05) is 36.7 Å². The van der Waals surface area contributed by atoms with Gasteiger partial charge in [0.15, 0.2) is 5.13 Å². The Bertz CT molecular complexity index is 1320. The number of aromatic nitrogens is 2. The highest BCUT2D eigenvalue weighted by atomic mass is 32.1. The van der Waals surface area contributed by atoms with E-state index in [0.717, 1.165) is 57.2 Å². The number of ether oxygens (including phenoxy) is 1. The maximum absolute atomic E-state index is 12.7. The highest BCUT2D eigenvalue weighted by Gasteiger charge is 2.30. The molecule has 32 heavy (non-hydrogen) atoms. The van der Waals surface area contributed by atoms with Crippen LogP contribution < -0.4 is 5.32 Å². The van der Waals surface area contributed by atoms with Gasteiger partial charge in [-0.1, -0.05) is 30.7 Å². The third kappa shape index (κ3) is 4.25. The minimum absolute atomic E-state index is 0.0593. The minimum atomic E-state index is -0.301. The Kier molecular flexibility index (Phi) is 5.65. The highest BCUT2D eigenvalue weighted by molar-refractivity contribution is 7.22. The SMILES string of the molecule is CCCC(C)OC(=O)c1csc2ncc(-c3ccc4nc(NC(=O)C5CC5)sc4c3)cc12. The second kappa shape index (κ2) is 8.60. The molecule has 0 bridgehead atoms. The monoisotopic (exact) mass is 465 g/mol. The Hall–Kier alpha value is -2.84. The molecule has 1 aliphatic rings. The van der Waals surface area contributed by atoms with Crippen molar-refractivity contribution in [1.29, 1.82) is 0 Å². The number of nitrogens with zero attached hydrogens (tertiary/aromatic N) is 2. The lowest BCUT2D eigenvalue weighted by atomic mass is 10.1. The summed E-state index contributed by atoms with van der Waals surface area (Å²) >= 11 is 2.91. The second-order valence-corrected chi connectivity index (χ2v) is 10.1. The average molecular weight is 466 g/mol. The topological polar surface area (TPSA) is 81.2 Å². The Morgan fingerprint density at radius 3 is 2.88 bits per heavy atom. The van der Waals surface area contributed by atoms with Crippen molar-refractivity contribution in [3.63, 3.8) is 0 Å². The number of pyridine rings is 1. The lowest BCUT2D eigenvalue weighted by Gasteiger charge is -2.11. The van der Waals surface area contributed by atoms with Gasteiger partial charge in [-0.05, 0) is 49.9 Å². The number of carbonyl (C=O) groups excluding carboxylic acids is 2.